The van der Waals surface area contributed by atoms with Gasteiger partial charge >= 0.3 is 6.18 Å². The number of benzene rings is 2. The largest absolute Gasteiger partial charge is 0.416 e. The van der Waals surface area contributed by atoms with Crippen LogP contribution in [-0.4, -0.2) is 27.1 Å². The van der Waals surface area contributed by atoms with Gasteiger partial charge in [0.25, 0.3) is 0 Å². The van der Waals surface area contributed by atoms with Gasteiger partial charge in [0.05, 0.1) is 17.0 Å². The van der Waals surface area contributed by atoms with Crippen molar-refractivity contribution in [2.45, 2.75) is 11.1 Å². The molecule has 0 fully saturated rings. The Labute approximate surface area is 142 Å². The molecule has 0 aliphatic carbocycles. The third-order valence-electron chi connectivity index (χ3n) is 3.21. The first-order chi connectivity index (χ1) is 11.6. The summed E-state index contributed by atoms with van der Waals surface area (Å²) in [4.78, 5) is 11.9. The third-order valence-corrected chi connectivity index (χ3v) is 4.32. The molecule has 2 aromatic carbocycles. The lowest BCUT2D eigenvalue weighted by atomic mass is 10.2. The van der Waals surface area contributed by atoms with E-state index in [4.69, 9.17) is 0 Å². The Morgan fingerprint density at radius 2 is 1.68 bits per heavy atom. The minimum atomic E-state index is -4.42. The van der Waals surface area contributed by atoms with Gasteiger partial charge in [-0.1, -0.05) is 6.07 Å². The van der Waals surface area contributed by atoms with E-state index in [1.807, 2.05) is 0 Å². The number of anilines is 2. The summed E-state index contributed by atoms with van der Waals surface area (Å²) in [5.41, 5.74) is -0.115. The summed E-state index contributed by atoms with van der Waals surface area (Å²) in [5.74, 6) is -0.467. The number of hydrogen-bond donors (Lipinski definition) is 2. The van der Waals surface area contributed by atoms with Crippen LogP contribution in [-0.2, 0) is 20.8 Å². The van der Waals surface area contributed by atoms with Gasteiger partial charge in [-0.05, 0) is 42.5 Å². The minimum Gasteiger partial charge on any atom is -0.376 e. The number of halogens is 3. The van der Waals surface area contributed by atoms with Crippen molar-refractivity contribution in [1.29, 1.82) is 0 Å². The molecule has 0 unspecified atom stereocenters. The van der Waals surface area contributed by atoms with Gasteiger partial charge in [0.1, 0.15) is 0 Å². The van der Waals surface area contributed by atoms with E-state index in [0.717, 1.165) is 18.4 Å². The standard InChI is InChI=1S/C16H15F3N2O3S/c1-25(23,24)14-4-2-3-13(9-14)21-15(22)10-20-12-7-5-11(6-8-12)16(17,18)19/h2-9,20H,10H2,1H3,(H,21,22). The smallest absolute Gasteiger partial charge is 0.376 e. The number of carbonyl (C=O) groups excluding carboxylic acids is 1. The lowest BCUT2D eigenvalue weighted by molar-refractivity contribution is -0.137. The summed E-state index contributed by atoms with van der Waals surface area (Å²) in [6.07, 6.45) is -3.36. The highest BCUT2D eigenvalue weighted by Gasteiger charge is 2.29. The zero-order chi connectivity index (χ0) is 18.7. The van der Waals surface area contributed by atoms with Gasteiger partial charge in [-0.2, -0.15) is 13.2 Å². The van der Waals surface area contributed by atoms with Crippen molar-refractivity contribution in [3.8, 4) is 0 Å². The van der Waals surface area contributed by atoms with Crippen LogP contribution < -0.4 is 10.6 Å². The van der Waals surface area contributed by atoms with Crippen LogP contribution in [0.5, 0.6) is 0 Å². The highest BCUT2D eigenvalue weighted by atomic mass is 32.2. The molecule has 5 nitrogen and oxygen atoms in total. The van der Waals surface area contributed by atoms with Crippen LogP contribution in [0, 0.1) is 0 Å². The van der Waals surface area contributed by atoms with Gasteiger partial charge in [-0.15, -0.1) is 0 Å². The summed E-state index contributed by atoms with van der Waals surface area (Å²) in [7, 11) is -3.39. The molecule has 0 bridgehead atoms. The molecule has 134 valence electrons. The molecular weight excluding hydrogens is 357 g/mol. The van der Waals surface area contributed by atoms with Gasteiger partial charge in [-0.3, -0.25) is 4.79 Å². The number of carbonyl (C=O) groups is 1. The zero-order valence-corrected chi connectivity index (χ0v) is 13.9. The van der Waals surface area contributed by atoms with Gasteiger partial charge in [0.15, 0.2) is 9.84 Å². The lowest BCUT2D eigenvalue weighted by Gasteiger charge is -2.10. The fourth-order valence-corrected chi connectivity index (χ4v) is 2.64. The monoisotopic (exact) mass is 372 g/mol. The highest BCUT2D eigenvalue weighted by molar-refractivity contribution is 7.90. The quantitative estimate of drug-likeness (QED) is 0.845. The van der Waals surface area contributed by atoms with Crippen molar-refractivity contribution in [2.24, 2.45) is 0 Å². The van der Waals surface area contributed by atoms with Crippen molar-refractivity contribution >= 4 is 27.1 Å². The van der Waals surface area contributed by atoms with E-state index in [2.05, 4.69) is 10.6 Å². The van der Waals surface area contributed by atoms with Gasteiger partial charge in [0, 0.05) is 17.6 Å². The van der Waals surface area contributed by atoms with Gasteiger partial charge in [-0.25, -0.2) is 8.42 Å². The van der Waals surface area contributed by atoms with Crippen LogP contribution in [0.3, 0.4) is 0 Å². The van der Waals surface area contributed by atoms with E-state index in [1.54, 1.807) is 0 Å². The molecule has 0 spiro atoms. The van der Waals surface area contributed by atoms with Crippen LogP contribution in [0.15, 0.2) is 53.4 Å². The summed E-state index contributed by atoms with van der Waals surface area (Å²) >= 11 is 0. The molecule has 2 rings (SSSR count). The first-order valence-electron chi connectivity index (χ1n) is 7.07. The molecule has 0 saturated carbocycles. The fraction of sp³-hybridized carbons (Fsp3) is 0.188. The van der Waals surface area contributed by atoms with E-state index in [9.17, 15) is 26.4 Å². The summed E-state index contributed by atoms with van der Waals surface area (Å²) in [6, 6.07) is 10.0. The summed E-state index contributed by atoms with van der Waals surface area (Å²) < 4.78 is 60.3. The molecule has 0 saturated heterocycles. The average Bonchev–Trinajstić information content (AvgIpc) is 2.52. The molecule has 0 aliphatic heterocycles. The SMILES string of the molecule is CS(=O)(=O)c1cccc(NC(=O)CNc2ccc(C(F)(F)F)cc2)c1. The van der Waals surface area contributed by atoms with E-state index in [1.165, 1.54) is 36.4 Å². The van der Waals surface area contributed by atoms with Crippen LogP contribution in [0.1, 0.15) is 5.56 Å². The second-order valence-electron chi connectivity index (χ2n) is 5.28. The van der Waals surface area contributed by atoms with Crippen LogP contribution in [0.2, 0.25) is 0 Å². The maximum Gasteiger partial charge on any atom is 0.416 e. The topological polar surface area (TPSA) is 75.3 Å². The molecule has 0 radical (unpaired) electrons. The molecule has 25 heavy (non-hydrogen) atoms. The van der Waals surface area contributed by atoms with E-state index < -0.39 is 27.5 Å². The number of sulfone groups is 1. The maximum atomic E-state index is 12.5. The van der Waals surface area contributed by atoms with Gasteiger partial charge in [0.2, 0.25) is 5.91 Å². The van der Waals surface area contributed by atoms with E-state index in [-0.39, 0.29) is 11.4 Å². The summed E-state index contributed by atoms with van der Waals surface area (Å²) in [5, 5.41) is 5.20. The van der Waals surface area contributed by atoms with E-state index >= 15 is 0 Å². The fourth-order valence-electron chi connectivity index (χ4n) is 1.97. The summed E-state index contributed by atoms with van der Waals surface area (Å²) in [6.45, 7) is -0.186. The highest BCUT2D eigenvalue weighted by Crippen LogP contribution is 2.29. The van der Waals surface area contributed by atoms with Crippen molar-refractivity contribution < 1.29 is 26.4 Å². The Balaban J connectivity index is 1.95. The minimum absolute atomic E-state index is 0.0704. The predicted octanol–water partition coefficient (Wildman–Crippen LogP) is 3.16. The number of alkyl halides is 3. The number of rotatable bonds is 5. The molecule has 2 aromatic rings. The Kier molecular flexibility index (Phi) is 5.36. The molecule has 2 N–H and O–H groups in total. The molecule has 0 atom stereocenters. The Morgan fingerprint density at radius 3 is 2.24 bits per heavy atom. The first kappa shape index (κ1) is 18.8. The maximum absolute atomic E-state index is 12.5. The molecule has 1 amide bonds. The van der Waals surface area contributed by atoms with Crippen LogP contribution in [0.4, 0.5) is 24.5 Å². The Morgan fingerprint density at radius 1 is 1.04 bits per heavy atom. The predicted molar refractivity (Wildman–Crippen MR) is 88.1 cm³/mol. The second-order valence-corrected chi connectivity index (χ2v) is 7.29. The average molecular weight is 372 g/mol. The number of amides is 1. The second kappa shape index (κ2) is 7.14. The molecule has 0 heterocycles. The number of hydrogen-bond acceptors (Lipinski definition) is 4. The Bertz CT molecular complexity index is 863. The molecule has 0 aromatic heterocycles. The van der Waals surface area contributed by atoms with Crippen molar-refractivity contribution in [1.82, 2.24) is 0 Å². The van der Waals surface area contributed by atoms with Crippen LogP contribution in [0.25, 0.3) is 0 Å². The zero-order valence-electron chi connectivity index (χ0n) is 13.1. The van der Waals surface area contributed by atoms with Gasteiger partial charge < -0.3 is 10.6 Å². The van der Waals surface area contributed by atoms with Crippen molar-refractivity contribution in [3.05, 3.63) is 54.1 Å². The third kappa shape index (κ3) is 5.49. The van der Waals surface area contributed by atoms with E-state index in [0.29, 0.717) is 11.4 Å². The normalized spacial score (nSPS) is 11.8. The van der Waals surface area contributed by atoms with Crippen LogP contribution >= 0.6 is 0 Å². The van der Waals surface area contributed by atoms with Crippen molar-refractivity contribution in [3.63, 3.8) is 0 Å². The number of nitrogens with one attached hydrogen (secondary N) is 2. The molecule has 0 aliphatic rings. The van der Waals surface area contributed by atoms with Crippen molar-refractivity contribution in [2.75, 3.05) is 23.4 Å². The Hall–Kier alpha value is -2.55. The molecular formula is C16H15F3N2O3S. The lowest BCUT2D eigenvalue weighted by Crippen LogP contribution is -2.21. The first-order valence-corrected chi connectivity index (χ1v) is 8.96. The molecule has 9 heteroatoms.